The molecule has 0 aliphatic rings. The van der Waals surface area contributed by atoms with E-state index in [1.165, 1.54) is 0 Å². The molecule has 20 valence electrons. The van der Waals surface area contributed by atoms with Crippen molar-refractivity contribution in [3.05, 3.63) is 0 Å². The first-order valence-electron chi connectivity index (χ1n) is 0. The Balaban J connectivity index is 0. The Morgan fingerprint density at radius 2 is 0.500 bits per heavy atom. The standard InChI is InChI=1S/Fe.3Nd. The summed E-state index contributed by atoms with van der Waals surface area (Å²) in [5.74, 6) is 0. The van der Waals surface area contributed by atoms with E-state index in [4.69, 9.17) is 0 Å². The Kier molecular flexibility index (Phi) is 92.0. The molecule has 0 aliphatic heterocycles. The van der Waals surface area contributed by atoms with Gasteiger partial charge in [0.15, 0.2) is 0 Å². The molecule has 0 amide bonds. The molecule has 0 unspecified atom stereocenters. The van der Waals surface area contributed by atoms with Crippen LogP contribution in [0.4, 0.5) is 0 Å². The summed E-state index contributed by atoms with van der Waals surface area (Å²) in [7, 11) is 0. The minimum Gasteiger partial charge on any atom is 0 e. The topological polar surface area (TPSA) is 0 Å². The zero-order valence-electron chi connectivity index (χ0n) is 1.85. The first kappa shape index (κ1) is 23.5. The Morgan fingerprint density at radius 3 is 0.500 bits per heavy atom. The third-order valence-corrected chi connectivity index (χ3v) is 0. The molecular weight excluding hydrogens is 489 g/mol. The summed E-state index contributed by atoms with van der Waals surface area (Å²) in [6.07, 6.45) is 0. The molecule has 0 heterocycles. The van der Waals surface area contributed by atoms with Gasteiger partial charge in [-0.15, -0.1) is 0 Å². The molecule has 0 fully saturated rings. The van der Waals surface area contributed by atoms with Gasteiger partial charge in [0.1, 0.15) is 0 Å². The van der Waals surface area contributed by atoms with Crippen molar-refractivity contribution in [3.63, 3.8) is 0 Å². The molecule has 0 spiro atoms. The normalized spacial score (nSPS) is 0. The predicted octanol–water partition coefficient (Wildman–Crippen LogP) is -0.00250. The molecular formula is FeNd3. The predicted molar refractivity (Wildman–Crippen MR) is 0 cm³/mol. The maximum atomic E-state index is 0. The summed E-state index contributed by atoms with van der Waals surface area (Å²) in [4.78, 5) is 0. The summed E-state index contributed by atoms with van der Waals surface area (Å²) in [5, 5.41) is 0. The van der Waals surface area contributed by atoms with Crippen LogP contribution in [0.5, 0.6) is 0 Å². The van der Waals surface area contributed by atoms with Gasteiger partial charge in [-0.25, -0.2) is 0 Å². The van der Waals surface area contributed by atoms with Crippen LogP contribution >= 0.6 is 0 Å². The molecule has 0 aromatic carbocycles. The average molecular weight is 489 g/mol. The molecule has 0 rings (SSSR count). The van der Waals surface area contributed by atoms with Gasteiger partial charge in [-0.2, -0.15) is 0 Å². The van der Waals surface area contributed by atoms with Crippen molar-refractivity contribution in [1.29, 1.82) is 0 Å². The maximum absolute atomic E-state index is 0. The van der Waals surface area contributed by atoms with Crippen LogP contribution in [0.1, 0.15) is 0 Å². The summed E-state index contributed by atoms with van der Waals surface area (Å²) in [6, 6.07) is 0. The van der Waals surface area contributed by atoms with Crippen LogP contribution in [0.3, 0.4) is 0 Å². The van der Waals surface area contributed by atoms with E-state index in [1.807, 2.05) is 0 Å². The average Bonchev–Trinajstić information content (AvgIpc) is 0. The molecule has 0 aliphatic carbocycles. The summed E-state index contributed by atoms with van der Waals surface area (Å²) in [5.41, 5.74) is 0. The number of hydrogen-bond donors (Lipinski definition) is 0. The molecule has 0 bridgehead atoms. The third kappa shape index (κ3) is 9.76. The van der Waals surface area contributed by atoms with E-state index in [0.717, 1.165) is 0 Å². The van der Waals surface area contributed by atoms with Gasteiger partial charge in [-0.1, -0.05) is 0 Å². The largest absolute Gasteiger partial charge is 0 e. The number of hydrogen-bond acceptors (Lipinski definition) is 0. The molecule has 0 nitrogen and oxygen atoms in total. The molecule has 0 radical (unpaired) electrons. The van der Waals surface area contributed by atoms with E-state index in [1.54, 1.807) is 0 Å². The minimum absolute atomic E-state index is 0. The van der Waals surface area contributed by atoms with Crippen LogP contribution < -0.4 is 0 Å². The molecule has 4 heavy (non-hydrogen) atoms. The molecule has 0 aromatic rings. The molecule has 0 aromatic heterocycles. The van der Waals surface area contributed by atoms with Gasteiger partial charge in [-0.3, -0.25) is 0 Å². The van der Waals surface area contributed by atoms with Crippen molar-refractivity contribution >= 4 is 0 Å². The molecule has 0 saturated heterocycles. The van der Waals surface area contributed by atoms with Gasteiger partial charge in [0, 0.05) is 140 Å². The minimum atomic E-state index is 0. The van der Waals surface area contributed by atoms with Gasteiger partial charge in [-0.05, 0) is 0 Å². The van der Waals surface area contributed by atoms with Gasteiger partial charge < -0.3 is 0 Å². The Hall–Kier alpha value is 4.57. The molecule has 0 saturated carbocycles. The monoisotopic (exact) mass is 482 g/mol. The second kappa shape index (κ2) is 15.6. The Labute approximate surface area is 135 Å². The zero-order valence-corrected chi connectivity index (χ0v) is 12.6. The third-order valence-electron chi connectivity index (χ3n) is 0. The Morgan fingerprint density at radius 1 is 0.500 bits per heavy atom. The van der Waals surface area contributed by atoms with E-state index in [9.17, 15) is 0 Å². The smallest absolute Gasteiger partial charge is 0 e. The van der Waals surface area contributed by atoms with Crippen LogP contribution in [0.25, 0.3) is 0 Å². The van der Waals surface area contributed by atoms with E-state index >= 15 is 0 Å². The van der Waals surface area contributed by atoms with E-state index in [-0.39, 0.29) is 140 Å². The number of rotatable bonds is 0. The fraction of sp³-hybridized carbons (Fsp3) is 0. The van der Waals surface area contributed by atoms with Crippen LogP contribution in [-0.2, 0) is 17.1 Å². The van der Waals surface area contributed by atoms with Crippen molar-refractivity contribution in [2.24, 2.45) is 0 Å². The SMILES string of the molecule is [Fe].[Nd].[Nd].[Nd]. The molecule has 0 N–H and O–H groups in total. The van der Waals surface area contributed by atoms with Gasteiger partial charge in [0.25, 0.3) is 0 Å². The van der Waals surface area contributed by atoms with Crippen LogP contribution in [-0.4, -0.2) is 0 Å². The summed E-state index contributed by atoms with van der Waals surface area (Å²) < 4.78 is 0. The maximum Gasteiger partial charge on any atom is 0 e. The second-order valence-electron chi connectivity index (χ2n) is 0. The van der Waals surface area contributed by atoms with Crippen molar-refractivity contribution in [3.8, 4) is 0 Å². The second-order valence-corrected chi connectivity index (χ2v) is 0. The van der Waals surface area contributed by atoms with Gasteiger partial charge in [0.05, 0.1) is 0 Å². The van der Waals surface area contributed by atoms with E-state index in [0.29, 0.717) is 0 Å². The molecule has 4 heteroatoms. The van der Waals surface area contributed by atoms with Crippen LogP contribution in [0.2, 0.25) is 0 Å². The van der Waals surface area contributed by atoms with Crippen molar-refractivity contribution in [1.82, 2.24) is 0 Å². The van der Waals surface area contributed by atoms with Crippen molar-refractivity contribution < 1.29 is 140 Å². The van der Waals surface area contributed by atoms with Crippen molar-refractivity contribution in [2.75, 3.05) is 0 Å². The zero-order chi connectivity index (χ0) is 0. The van der Waals surface area contributed by atoms with Crippen molar-refractivity contribution in [2.45, 2.75) is 0 Å². The van der Waals surface area contributed by atoms with Crippen LogP contribution in [0, 0.1) is 123 Å². The van der Waals surface area contributed by atoms with Gasteiger partial charge >= 0.3 is 0 Å². The van der Waals surface area contributed by atoms with E-state index in [2.05, 4.69) is 0 Å². The summed E-state index contributed by atoms with van der Waals surface area (Å²) in [6.45, 7) is 0. The van der Waals surface area contributed by atoms with E-state index < -0.39 is 0 Å². The Bertz CT molecular complexity index is 3.25. The quantitative estimate of drug-likeness (QED) is 0.421. The summed E-state index contributed by atoms with van der Waals surface area (Å²) >= 11 is 0. The first-order valence-corrected chi connectivity index (χ1v) is 0. The first-order chi connectivity index (χ1) is 0. The van der Waals surface area contributed by atoms with Gasteiger partial charge in [0.2, 0.25) is 0 Å². The molecule has 0 atom stereocenters. The fourth-order valence-corrected chi connectivity index (χ4v) is 0. The van der Waals surface area contributed by atoms with Crippen LogP contribution in [0.15, 0.2) is 0 Å². The fourth-order valence-electron chi connectivity index (χ4n) is 0.